The molecule has 4 rings (SSSR count). The Labute approximate surface area is 220 Å². The van der Waals surface area contributed by atoms with Crippen LogP contribution >= 0.6 is 11.6 Å². The van der Waals surface area contributed by atoms with Crippen molar-refractivity contribution in [3.63, 3.8) is 0 Å². The molecule has 2 unspecified atom stereocenters. The third-order valence-corrected chi connectivity index (χ3v) is 6.53. The molecule has 0 aliphatic heterocycles. The van der Waals surface area contributed by atoms with E-state index in [1.807, 2.05) is 42.5 Å². The number of amides is 1. The van der Waals surface area contributed by atoms with Gasteiger partial charge in [-0.05, 0) is 46.0 Å². The van der Waals surface area contributed by atoms with Crippen LogP contribution in [0, 0.1) is 11.3 Å². The van der Waals surface area contributed by atoms with Crippen LogP contribution in [-0.2, 0) is 16.8 Å². The van der Waals surface area contributed by atoms with Crippen molar-refractivity contribution in [3.05, 3.63) is 124 Å². The summed E-state index contributed by atoms with van der Waals surface area (Å²) in [5.74, 6) is -0.643. The highest BCUT2D eigenvalue weighted by Gasteiger charge is 2.39. The van der Waals surface area contributed by atoms with Crippen molar-refractivity contribution in [2.24, 2.45) is 0 Å². The quantitative estimate of drug-likeness (QED) is 0.266. The van der Waals surface area contributed by atoms with Crippen LogP contribution in [0.2, 0.25) is 5.02 Å². The molecule has 4 aromatic rings. The highest BCUT2D eigenvalue weighted by Crippen LogP contribution is 2.33. The summed E-state index contributed by atoms with van der Waals surface area (Å²) in [4.78, 5) is 13.6. The van der Waals surface area contributed by atoms with Crippen molar-refractivity contribution in [2.75, 3.05) is 11.9 Å². The van der Waals surface area contributed by atoms with Gasteiger partial charge in [0.15, 0.2) is 5.60 Å². The van der Waals surface area contributed by atoms with Crippen LogP contribution in [-0.4, -0.2) is 27.8 Å². The zero-order chi connectivity index (χ0) is 26.4. The summed E-state index contributed by atoms with van der Waals surface area (Å²) in [6.07, 6.45) is -0.990. The van der Waals surface area contributed by atoms with Crippen LogP contribution in [0.15, 0.2) is 97.1 Å². The Kier molecular flexibility index (Phi) is 8.02. The molecule has 0 fully saturated rings. The van der Waals surface area contributed by atoms with E-state index in [-0.39, 0.29) is 23.6 Å². The number of nitrogens with zero attached hydrogens (tertiary/aromatic N) is 1. The first kappa shape index (κ1) is 26.1. The molecule has 0 saturated heterocycles. The maximum Gasteiger partial charge on any atom is 0.261 e. The molecule has 2 atom stereocenters. The number of carbonyl (C=O) groups excluding carboxylic acids is 1. The zero-order valence-corrected chi connectivity index (χ0v) is 20.6. The van der Waals surface area contributed by atoms with E-state index >= 15 is 0 Å². The van der Waals surface area contributed by atoms with Crippen LogP contribution in [0.3, 0.4) is 0 Å². The van der Waals surface area contributed by atoms with Crippen molar-refractivity contribution < 1.29 is 20.1 Å². The molecule has 0 radical (unpaired) electrons. The predicted molar refractivity (Wildman–Crippen MR) is 143 cm³/mol. The summed E-state index contributed by atoms with van der Waals surface area (Å²) in [5.41, 5.74) is 2.10. The molecule has 0 heterocycles. The Morgan fingerprint density at radius 3 is 2.30 bits per heavy atom. The summed E-state index contributed by atoms with van der Waals surface area (Å²) in [6, 6.07) is 29.8. The van der Waals surface area contributed by atoms with Gasteiger partial charge in [-0.1, -0.05) is 90.5 Å². The molecule has 0 aromatic heterocycles. The molecule has 7 heteroatoms. The minimum atomic E-state index is -1.93. The largest absolute Gasteiger partial charge is 0.393 e. The van der Waals surface area contributed by atoms with Crippen molar-refractivity contribution in [1.82, 2.24) is 0 Å². The highest BCUT2D eigenvalue weighted by molar-refractivity contribution is 6.32. The Morgan fingerprint density at radius 2 is 1.65 bits per heavy atom. The van der Waals surface area contributed by atoms with Gasteiger partial charge in [-0.2, -0.15) is 5.26 Å². The number of aliphatic hydroxyl groups is 3. The number of hydrogen-bond donors (Lipinski definition) is 4. The molecule has 4 N–H and O–H groups in total. The molecule has 186 valence electrons. The number of rotatable bonds is 8. The Morgan fingerprint density at radius 1 is 0.973 bits per heavy atom. The van der Waals surface area contributed by atoms with Gasteiger partial charge < -0.3 is 20.6 Å². The minimum Gasteiger partial charge on any atom is -0.393 e. The van der Waals surface area contributed by atoms with E-state index in [1.54, 1.807) is 48.5 Å². The van der Waals surface area contributed by atoms with Gasteiger partial charge in [0.25, 0.3) is 5.91 Å². The minimum absolute atomic E-state index is 0.0238. The fourth-order valence-electron chi connectivity index (χ4n) is 4.17. The lowest BCUT2D eigenvalue weighted by molar-refractivity contribution is -0.135. The molecule has 6 nitrogen and oxygen atoms in total. The van der Waals surface area contributed by atoms with Crippen LogP contribution in [0.1, 0.15) is 28.4 Å². The standard InChI is InChI=1S/C30H25ClN2O4/c31-27-16-25(15-14-23(27)18-32)33-29(36)30(37,24-7-2-1-3-8-24)17-22-6-4-5-9-26(22)20-10-12-21(13-11-20)28(35)19-34/h1-16,28,34-35,37H,17,19H2,(H,33,36). The third kappa shape index (κ3) is 5.72. The van der Waals surface area contributed by atoms with E-state index in [4.69, 9.17) is 16.9 Å². The Balaban J connectivity index is 1.71. The number of anilines is 1. The molecule has 1 amide bonds. The van der Waals surface area contributed by atoms with Crippen LogP contribution in [0.5, 0.6) is 0 Å². The van der Waals surface area contributed by atoms with E-state index in [9.17, 15) is 20.1 Å². The lowest BCUT2D eigenvalue weighted by Gasteiger charge is -2.29. The smallest absolute Gasteiger partial charge is 0.261 e. The summed E-state index contributed by atoms with van der Waals surface area (Å²) in [6.45, 7) is -0.375. The van der Waals surface area contributed by atoms with Gasteiger partial charge in [0.1, 0.15) is 12.2 Å². The lowest BCUT2D eigenvalue weighted by Crippen LogP contribution is -2.42. The number of hydrogen-bond acceptors (Lipinski definition) is 5. The average Bonchev–Trinajstić information content (AvgIpc) is 2.93. The molecule has 0 saturated carbocycles. The van der Waals surface area contributed by atoms with E-state index in [1.165, 1.54) is 12.1 Å². The van der Waals surface area contributed by atoms with Crippen LogP contribution < -0.4 is 5.32 Å². The van der Waals surface area contributed by atoms with Gasteiger partial charge in [-0.15, -0.1) is 0 Å². The number of aliphatic hydroxyl groups excluding tert-OH is 2. The Hall–Kier alpha value is -3.99. The van der Waals surface area contributed by atoms with Gasteiger partial charge in [0, 0.05) is 12.1 Å². The van der Waals surface area contributed by atoms with Gasteiger partial charge in [-0.25, -0.2) is 0 Å². The fourth-order valence-corrected chi connectivity index (χ4v) is 4.39. The van der Waals surface area contributed by atoms with Gasteiger partial charge >= 0.3 is 0 Å². The average molecular weight is 513 g/mol. The second kappa shape index (κ2) is 11.4. The van der Waals surface area contributed by atoms with E-state index in [0.717, 1.165) is 16.7 Å². The first-order chi connectivity index (χ1) is 17.9. The van der Waals surface area contributed by atoms with Crippen LogP contribution in [0.4, 0.5) is 5.69 Å². The van der Waals surface area contributed by atoms with Gasteiger partial charge in [0.2, 0.25) is 0 Å². The number of halogens is 1. The second-order valence-corrected chi connectivity index (χ2v) is 9.05. The van der Waals surface area contributed by atoms with E-state index in [0.29, 0.717) is 16.8 Å². The summed E-state index contributed by atoms with van der Waals surface area (Å²) >= 11 is 6.14. The highest BCUT2D eigenvalue weighted by atomic mass is 35.5. The molecular formula is C30H25ClN2O4. The SMILES string of the molecule is N#Cc1ccc(NC(=O)C(O)(Cc2ccccc2-c2ccc(C(O)CO)cc2)c2ccccc2)cc1Cl. The summed E-state index contributed by atoms with van der Waals surface area (Å²) in [7, 11) is 0. The molecule has 0 aliphatic rings. The number of benzene rings is 4. The van der Waals surface area contributed by atoms with Gasteiger partial charge in [-0.3, -0.25) is 4.79 Å². The number of carbonyl (C=O) groups is 1. The van der Waals surface area contributed by atoms with Gasteiger partial charge in [0.05, 0.1) is 17.2 Å². The summed E-state index contributed by atoms with van der Waals surface area (Å²) in [5, 5.41) is 43.1. The van der Waals surface area contributed by atoms with Crippen molar-refractivity contribution in [2.45, 2.75) is 18.1 Å². The molecular weight excluding hydrogens is 488 g/mol. The summed E-state index contributed by atoms with van der Waals surface area (Å²) < 4.78 is 0. The molecule has 37 heavy (non-hydrogen) atoms. The van der Waals surface area contributed by atoms with Crippen molar-refractivity contribution >= 4 is 23.2 Å². The number of nitriles is 1. The maximum atomic E-state index is 13.6. The fraction of sp³-hybridized carbons (Fsp3) is 0.133. The maximum absolute atomic E-state index is 13.6. The number of nitrogens with one attached hydrogen (secondary N) is 1. The van der Waals surface area contributed by atoms with Crippen LogP contribution in [0.25, 0.3) is 11.1 Å². The first-order valence-electron chi connectivity index (χ1n) is 11.6. The van der Waals surface area contributed by atoms with E-state index < -0.39 is 17.6 Å². The molecule has 4 aromatic carbocycles. The van der Waals surface area contributed by atoms with Crippen molar-refractivity contribution in [1.29, 1.82) is 5.26 Å². The molecule has 0 bridgehead atoms. The predicted octanol–water partition coefficient (Wildman–Crippen LogP) is 4.97. The third-order valence-electron chi connectivity index (χ3n) is 6.22. The topological polar surface area (TPSA) is 114 Å². The van der Waals surface area contributed by atoms with E-state index in [2.05, 4.69) is 5.32 Å². The normalized spacial score (nSPS) is 13.3. The first-order valence-corrected chi connectivity index (χ1v) is 12.0. The van der Waals surface area contributed by atoms with Crippen molar-refractivity contribution in [3.8, 4) is 17.2 Å². The molecule has 0 spiro atoms. The molecule has 0 aliphatic carbocycles. The monoisotopic (exact) mass is 512 g/mol. The zero-order valence-electron chi connectivity index (χ0n) is 19.8. The second-order valence-electron chi connectivity index (χ2n) is 8.64. The Bertz CT molecular complexity index is 1430. The lowest BCUT2D eigenvalue weighted by atomic mass is 9.83.